The standard InChI is InChI=1S/C66H121NO8/c1-6-8-10-12-14-16-18-20-22-24-26-28-29-30-31-32-33-34-35-37-39-41-43-45-47-49-51-53-55-57-64(69)75-62(61-74-66(65(70)71)72-59-58-67(3,4)5)60-73-63(68)56-54-52-50-48-46-44-42-40-38-36-27-25-23-21-19-17-15-13-11-9-7-2/h18-21,24-27,62,66H,6-17,22-23,28-61H2,1-5H3/p+1/b20-18-,21-19-,26-24-,27-25-. The fourth-order valence-electron chi connectivity index (χ4n) is 9.14. The van der Waals surface area contributed by atoms with Crippen molar-refractivity contribution in [3.05, 3.63) is 48.6 Å². The molecule has 0 saturated heterocycles. The summed E-state index contributed by atoms with van der Waals surface area (Å²) >= 11 is 0. The lowest BCUT2D eigenvalue weighted by Crippen LogP contribution is -2.40. The lowest BCUT2D eigenvalue weighted by Gasteiger charge is -2.25. The zero-order valence-corrected chi connectivity index (χ0v) is 50.0. The van der Waals surface area contributed by atoms with Crippen LogP contribution in [0.4, 0.5) is 0 Å². The molecule has 0 bridgehead atoms. The molecule has 1 N–H and O–H groups in total. The van der Waals surface area contributed by atoms with Gasteiger partial charge in [0.25, 0.3) is 6.29 Å². The van der Waals surface area contributed by atoms with E-state index in [9.17, 15) is 19.5 Å². The molecular formula is C66H122NO8+. The number of carbonyl (C=O) groups is 3. The van der Waals surface area contributed by atoms with Crippen molar-refractivity contribution >= 4 is 17.9 Å². The Morgan fingerprint density at radius 2 is 0.720 bits per heavy atom. The Morgan fingerprint density at radius 1 is 0.400 bits per heavy atom. The highest BCUT2D eigenvalue weighted by atomic mass is 16.7. The van der Waals surface area contributed by atoms with E-state index in [1.54, 1.807) is 0 Å². The Bertz CT molecular complexity index is 1370. The summed E-state index contributed by atoms with van der Waals surface area (Å²) in [5.41, 5.74) is 0. The van der Waals surface area contributed by atoms with E-state index in [4.69, 9.17) is 18.9 Å². The molecule has 438 valence electrons. The van der Waals surface area contributed by atoms with Crippen molar-refractivity contribution in [1.29, 1.82) is 0 Å². The molecule has 0 saturated carbocycles. The van der Waals surface area contributed by atoms with Gasteiger partial charge in [-0.1, -0.05) is 255 Å². The second kappa shape index (κ2) is 57.4. The summed E-state index contributed by atoms with van der Waals surface area (Å²) in [5.74, 6) is -1.99. The summed E-state index contributed by atoms with van der Waals surface area (Å²) in [7, 11) is 5.98. The van der Waals surface area contributed by atoms with E-state index in [1.807, 2.05) is 21.1 Å². The first-order valence-electron chi connectivity index (χ1n) is 31.8. The lowest BCUT2D eigenvalue weighted by molar-refractivity contribution is -0.870. The van der Waals surface area contributed by atoms with Gasteiger partial charge in [-0.15, -0.1) is 0 Å². The zero-order valence-electron chi connectivity index (χ0n) is 50.0. The number of unbranched alkanes of at least 4 members (excludes halogenated alkanes) is 36. The van der Waals surface area contributed by atoms with Crippen LogP contribution in [0.1, 0.15) is 296 Å². The average molecular weight is 1060 g/mol. The number of carboxylic acids is 1. The fraction of sp³-hybridized carbons (Fsp3) is 0.833. The number of rotatable bonds is 59. The van der Waals surface area contributed by atoms with E-state index < -0.39 is 24.3 Å². The van der Waals surface area contributed by atoms with Gasteiger partial charge in [-0.3, -0.25) is 9.59 Å². The molecular weight excluding hydrogens is 935 g/mol. The number of esters is 2. The molecule has 0 radical (unpaired) electrons. The Hall–Kier alpha value is -2.75. The number of allylic oxidation sites excluding steroid dienone is 8. The van der Waals surface area contributed by atoms with Crippen LogP contribution in [0.3, 0.4) is 0 Å². The molecule has 0 amide bonds. The summed E-state index contributed by atoms with van der Waals surface area (Å²) < 4.78 is 22.9. The maximum Gasteiger partial charge on any atom is 0.361 e. The van der Waals surface area contributed by atoms with Crippen molar-refractivity contribution < 1.29 is 42.9 Å². The maximum absolute atomic E-state index is 12.9. The molecule has 2 unspecified atom stereocenters. The summed E-state index contributed by atoms with van der Waals surface area (Å²) in [6, 6.07) is 0. The van der Waals surface area contributed by atoms with Crippen LogP contribution in [0, 0.1) is 0 Å². The number of aliphatic carboxylic acids is 1. The van der Waals surface area contributed by atoms with Gasteiger partial charge in [0.2, 0.25) is 0 Å². The number of carbonyl (C=O) groups excluding carboxylic acids is 2. The number of nitrogens with zero attached hydrogens (tertiary/aromatic N) is 1. The normalized spacial score (nSPS) is 13.0. The third-order valence-corrected chi connectivity index (χ3v) is 14.1. The van der Waals surface area contributed by atoms with E-state index >= 15 is 0 Å². The quantitative estimate of drug-likeness (QED) is 0.0211. The highest BCUT2D eigenvalue weighted by Gasteiger charge is 2.25. The minimum atomic E-state index is -1.51. The van der Waals surface area contributed by atoms with Crippen molar-refractivity contribution in [2.75, 3.05) is 47.5 Å². The third kappa shape index (κ3) is 58.8. The molecule has 0 aliphatic heterocycles. The molecule has 9 nitrogen and oxygen atoms in total. The molecule has 75 heavy (non-hydrogen) atoms. The number of quaternary nitrogens is 1. The van der Waals surface area contributed by atoms with Crippen molar-refractivity contribution in [2.45, 2.75) is 309 Å². The lowest BCUT2D eigenvalue weighted by atomic mass is 10.0. The summed E-state index contributed by atoms with van der Waals surface area (Å²) in [6.07, 6.45) is 69.1. The van der Waals surface area contributed by atoms with Gasteiger partial charge < -0.3 is 28.5 Å². The number of ether oxygens (including phenoxy) is 4. The van der Waals surface area contributed by atoms with Crippen LogP contribution in [0.25, 0.3) is 0 Å². The predicted molar refractivity (Wildman–Crippen MR) is 318 cm³/mol. The maximum atomic E-state index is 12.9. The second-order valence-corrected chi connectivity index (χ2v) is 22.7. The molecule has 0 spiro atoms. The molecule has 9 heteroatoms. The molecule has 0 aromatic carbocycles. The van der Waals surface area contributed by atoms with E-state index in [2.05, 4.69) is 62.5 Å². The highest BCUT2D eigenvalue weighted by molar-refractivity contribution is 5.71. The molecule has 0 fully saturated rings. The molecule has 0 heterocycles. The number of likely N-dealkylation sites (N-methyl/N-ethyl adjacent to an activating group) is 1. The average Bonchev–Trinajstić information content (AvgIpc) is 3.38. The smallest absolute Gasteiger partial charge is 0.361 e. The van der Waals surface area contributed by atoms with Crippen LogP contribution in [-0.4, -0.2) is 87.4 Å². The van der Waals surface area contributed by atoms with Crippen molar-refractivity contribution in [2.24, 2.45) is 0 Å². The highest BCUT2D eigenvalue weighted by Crippen LogP contribution is 2.17. The minimum Gasteiger partial charge on any atom is -0.477 e. The van der Waals surface area contributed by atoms with Gasteiger partial charge in [-0.2, -0.15) is 0 Å². The molecule has 0 aromatic rings. The van der Waals surface area contributed by atoms with Crippen LogP contribution in [0.15, 0.2) is 48.6 Å². The first-order valence-corrected chi connectivity index (χ1v) is 31.8. The van der Waals surface area contributed by atoms with Crippen LogP contribution in [0.2, 0.25) is 0 Å². The van der Waals surface area contributed by atoms with Crippen molar-refractivity contribution in [3.63, 3.8) is 0 Å². The molecule has 2 atom stereocenters. The second-order valence-electron chi connectivity index (χ2n) is 22.7. The van der Waals surface area contributed by atoms with E-state index in [1.165, 1.54) is 218 Å². The van der Waals surface area contributed by atoms with Crippen molar-refractivity contribution in [1.82, 2.24) is 0 Å². The van der Waals surface area contributed by atoms with Crippen LogP contribution in [-0.2, 0) is 33.3 Å². The molecule has 0 aliphatic carbocycles. The number of hydrogen-bond donors (Lipinski definition) is 1. The van der Waals surface area contributed by atoms with Gasteiger partial charge >= 0.3 is 17.9 Å². The summed E-state index contributed by atoms with van der Waals surface area (Å²) in [6.45, 7) is 4.89. The van der Waals surface area contributed by atoms with E-state index in [-0.39, 0.29) is 32.2 Å². The van der Waals surface area contributed by atoms with E-state index in [0.29, 0.717) is 17.4 Å². The third-order valence-electron chi connectivity index (χ3n) is 14.1. The van der Waals surface area contributed by atoms with Crippen molar-refractivity contribution in [3.8, 4) is 0 Å². The SMILES string of the molecule is CCCCCCC/C=C\C/C=C\CCCCCCCCCCCCCCCCCCCC(=O)OC(COC(=O)CCCCCCCCCCC/C=C\C/C=C\CCCCCCC)COC(OCC[N+](C)(C)C)C(=O)O. The van der Waals surface area contributed by atoms with Gasteiger partial charge in [-0.05, 0) is 77.0 Å². The molecule has 0 aromatic heterocycles. The number of carboxylic acid groups (broad SMARTS) is 1. The summed E-state index contributed by atoms with van der Waals surface area (Å²) in [5, 5.41) is 9.72. The monoisotopic (exact) mass is 1060 g/mol. The largest absolute Gasteiger partial charge is 0.477 e. The number of hydrogen-bond acceptors (Lipinski definition) is 7. The first-order chi connectivity index (χ1) is 36.6. The first kappa shape index (κ1) is 72.2. The zero-order chi connectivity index (χ0) is 54.8. The summed E-state index contributed by atoms with van der Waals surface area (Å²) in [4.78, 5) is 37.5. The van der Waals surface area contributed by atoms with Gasteiger partial charge in [0.1, 0.15) is 13.2 Å². The Balaban J connectivity index is 4.15. The fourth-order valence-corrected chi connectivity index (χ4v) is 9.14. The minimum absolute atomic E-state index is 0.182. The van der Waals surface area contributed by atoms with Gasteiger partial charge in [0.15, 0.2) is 6.10 Å². The predicted octanol–water partition coefficient (Wildman–Crippen LogP) is 19.0. The van der Waals surface area contributed by atoms with E-state index in [0.717, 1.165) is 51.4 Å². The van der Waals surface area contributed by atoms with Crippen LogP contribution < -0.4 is 0 Å². The Kier molecular flexibility index (Phi) is 55.3. The molecule has 0 rings (SSSR count). The topological polar surface area (TPSA) is 108 Å². The van der Waals surface area contributed by atoms with Crippen LogP contribution >= 0.6 is 0 Å². The van der Waals surface area contributed by atoms with Crippen LogP contribution in [0.5, 0.6) is 0 Å². The molecule has 0 aliphatic rings. The van der Waals surface area contributed by atoms with Gasteiger partial charge in [-0.25, -0.2) is 4.79 Å². The Morgan fingerprint density at radius 3 is 1.05 bits per heavy atom. The van der Waals surface area contributed by atoms with Gasteiger partial charge in [0, 0.05) is 12.8 Å². The Labute approximate surface area is 463 Å². The van der Waals surface area contributed by atoms with Gasteiger partial charge in [0.05, 0.1) is 34.4 Å².